The quantitative estimate of drug-likeness (QED) is 0.408. The fourth-order valence-electron chi connectivity index (χ4n) is 7.82. The molecule has 2 heteroatoms. The van der Waals surface area contributed by atoms with Crippen molar-refractivity contribution in [3.05, 3.63) is 0 Å². The molecule has 0 N–H and O–H groups in total. The minimum atomic E-state index is 0.465. The van der Waals surface area contributed by atoms with Gasteiger partial charge in [-0.3, -0.25) is 0 Å². The molecule has 0 aromatic rings. The van der Waals surface area contributed by atoms with Gasteiger partial charge in [0.25, 0.3) is 0 Å². The van der Waals surface area contributed by atoms with Crippen LogP contribution >= 0.6 is 31.9 Å². The fourth-order valence-corrected chi connectivity index (χ4v) is 11.3. The predicted octanol–water partition coefficient (Wildman–Crippen LogP) is 6.99. The third-order valence-corrected chi connectivity index (χ3v) is 9.59. The number of fused-ring (bicyclic) bond motifs is 2. The largest absolute Gasteiger partial charge is 0.0852 e. The van der Waals surface area contributed by atoms with Gasteiger partial charge in [0.05, 0.1) is 0 Å². The van der Waals surface area contributed by atoms with Gasteiger partial charge in [-0.2, -0.15) is 0 Å². The maximum Gasteiger partial charge on any atom is 0.0282 e. The molecular formula is C19H30Br2. The first-order valence-electron chi connectivity index (χ1n) is 9.24. The van der Waals surface area contributed by atoms with Crippen LogP contribution in [-0.2, 0) is 0 Å². The smallest absolute Gasteiger partial charge is 0.0282 e. The van der Waals surface area contributed by atoms with Gasteiger partial charge in [-0.1, -0.05) is 71.4 Å². The average molecular weight is 418 g/mol. The number of hydrogen-bond acceptors (Lipinski definition) is 0. The van der Waals surface area contributed by atoms with Crippen LogP contribution in [0.5, 0.6) is 0 Å². The first-order chi connectivity index (χ1) is 9.86. The lowest BCUT2D eigenvalue weighted by Gasteiger charge is -2.67. The van der Waals surface area contributed by atoms with E-state index in [-0.39, 0.29) is 0 Å². The van der Waals surface area contributed by atoms with E-state index in [1.807, 2.05) is 0 Å². The summed E-state index contributed by atoms with van der Waals surface area (Å²) in [5, 5.41) is 0. The summed E-state index contributed by atoms with van der Waals surface area (Å²) >= 11 is 8.49. The van der Waals surface area contributed by atoms with Crippen molar-refractivity contribution in [3.63, 3.8) is 0 Å². The van der Waals surface area contributed by atoms with Crippen LogP contribution in [0.4, 0.5) is 0 Å². The normalized spacial score (nSPS) is 56.6. The minimum absolute atomic E-state index is 0.465. The maximum atomic E-state index is 4.24. The molecule has 0 amide bonds. The number of halogens is 2. The standard InChI is InChI=1S/C19H30Br2/c1-3-5-7-15-9-16(8-6-4-2)11-18(21)12-17(20,10-15)13-19(15,16)14-18/h3-14H2,1-2H3. The lowest BCUT2D eigenvalue weighted by molar-refractivity contribution is -0.188. The summed E-state index contributed by atoms with van der Waals surface area (Å²) in [7, 11) is 0. The maximum absolute atomic E-state index is 4.24. The highest BCUT2D eigenvalue weighted by Crippen LogP contribution is 2.91. The predicted molar refractivity (Wildman–Crippen MR) is 97.4 cm³/mol. The van der Waals surface area contributed by atoms with Crippen LogP contribution < -0.4 is 0 Å². The van der Waals surface area contributed by atoms with Gasteiger partial charge >= 0.3 is 0 Å². The van der Waals surface area contributed by atoms with E-state index >= 15 is 0 Å². The molecule has 0 nitrogen and oxygen atoms in total. The van der Waals surface area contributed by atoms with Crippen molar-refractivity contribution in [2.24, 2.45) is 16.2 Å². The fraction of sp³-hybridized carbons (Fsp3) is 1.00. The van der Waals surface area contributed by atoms with E-state index in [0.717, 1.165) is 0 Å². The Hall–Kier alpha value is 0.960. The summed E-state index contributed by atoms with van der Waals surface area (Å²) in [6, 6.07) is 0. The van der Waals surface area contributed by atoms with Crippen LogP contribution in [0, 0.1) is 16.2 Å². The van der Waals surface area contributed by atoms with Crippen LogP contribution in [-0.4, -0.2) is 8.65 Å². The molecule has 0 radical (unpaired) electrons. The van der Waals surface area contributed by atoms with Crippen LogP contribution in [0.15, 0.2) is 0 Å². The van der Waals surface area contributed by atoms with Crippen LogP contribution in [0.3, 0.4) is 0 Å². The Bertz CT molecular complexity index is 420. The Balaban J connectivity index is 1.73. The molecule has 3 bridgehead atoms. The second-order valence-corrected chi connectivity index (χ2v) is 12.6. The molecule has 4 aliphatic carbocycles. The van der Waals surface area contributed by atoms with Crippen molar-refractivity contribution in [1.82, 2.24) is 0 Å². The van der Waals surface area contributed by atoms with Gasteiger partial charge in [0, 0.05) is 8.65 Å². The van der Waals surface area contributed by atoms with Gasteiger partial charge in [0.15, 0.2) is 0 Å². The number of unbranched alkanes of at least 4 members (excludes halogenated alkanes) is 2. The molecule has 120 valence electrons. The van der Waals surface area contributed by atoms with Gasteiger partial charge in [0.1, 0.15) is 0 Å². The molecule has 0 saturated heterocycles. The molecule has 4 saturated carbocycles. The van der Waals surface area contributed by atoms with Crippen molar-refractivity contribution < 1.29 is 0 Å². The molecule has 0 aromatic carbocycles. The van der Waals surface area contributed by atoms with E-state index in [9.17, 15) is 0 Å². The lowest BCUT2D eigenvalue weighted by Crippen LogP contribution is -2.60. The van der Waals surface area contributed by atoms with Crippen molar-refractivity contribution in [2.45, 2.75) is 99.5 Å². The molecular weight excluding hydrogens is 388 g/mol. The first-order valence-corrected chi connectivity index (χ1v) is 10.8. The van der Waals surface area contributed by atoms with E-state index < -0.39 is 0 Å². The third-order valence-electron chi connectivity index (χ3n) is 7.91. The summed E-state index contributed by atoms with van der Waals surface area (Å²) < 4.78 is 0.930. The lowest BCUT2D eigenvalue weighted by atomic mass is 9.37. The van der Waals surface area contributed by atoms with Crippen molar-refractivity contribution in [1.29, 1.82) is 0 Å². The molecule has 1 spiro atoms. The van der Waals surface area contributed by atoms with Crippen molar-refractivity contribution in [3.8, 4) is 0 Å². The molecule has 4 unspecified atom stereocenters. The summed E-state index contributed by atoms with van der Waals surface area (Å²) in [5.41, 5.74) is 2.09. The van der Waals surface area contributed by atoms with Crippen LogP contribution in [0.25, 0.3) is 0 Å². The Kier molecular flexibility index (Phi) is 3.34. The Morgan fingerprint density at radius 2 is 1.14 bits per heavy atom. The van der Waals surface area contributed by atoms with E-state index in [0.29, 0.717) is 24.9 Å². The average Bonchev–Trinajstić information content (AvgIpc) is 2.64. The zero-order valence-corrected chi connectivity index (χ0v) is 16.9. The van der Waals surface area contributed by atoms with Crippen molar-refractivity contribution >= 4 is 31.9 Å². The van der Waals surface area contributed by atoms with E-state index in [1.54, 1.807) is 6.42 Å². The van der Waals surface area contributed by atoms with E-state index in [1.165, 1.54) is 70.6 Å². The SMILES string of the molecule is CCCCC12CC3(Br)CC4(Br)CC(CCCC)(C1)C2(C3)C4. The molecule has 4 aliphatic rings. The van der Waals surface area contributed by atoms with Crippen LogP contribution in [0.1, 0.15) is 90.9 Å². The highest BCUT2D eigenvalue weighted by Gasteiger charge is 2.84. The van der Waals surface area contributed by atoms with E-state index in [4.69, 9.17) is 0 Å². The van der Waals surface area contributed by atoms with Crippen LogP contribution in [0.2, 0.25) is 0 Å². The molecule has 0 aliphatic heterocycles. The van der Waals surface area contributed by atoms with Gasteiger partial charge in [-0.05, 0) is 67.6 Å². The summed E-state index contributed by atoms with van der Waals surface area (Å²) in [6.07, 6.45) is 17.5. The second-order valence-electron chi connectivity index (χ2n) is 9.21. The Labute approximate surface area is 147 Å². The number of alkyl halides is 2. The van der Waals surface area contributed by atoms with E-state index in [2.05, 4.69) is 45.7 Å². The molecule has 0 heterocycles. The number of hydrogen-bond donors (Lipinski definition) is 0. The zero-order valence-electron chi connectivity index (χ0n) is 13.7. The minimum Gasteiger partial charge on any atom is -0.0852 e. The monoisotopic (exact) mass is 416 g/mol. The molecule has 4 fully saturated rings. The molecule has 21 heavy (non-hydrogen) atoms. The summed E-state index contributed by atoms with van der Waals surface area (Å²) in [5.74, 6) is 0. The summed E-state index contributed by atoms with van der Waals surface area (Å²) in [4.78, 5) is 0. The van der Waals surface area contributed by atoms with Gasteiger partial charge in [-0.25, -0.2) is 0 Å². The van der Waals surface area contributed by atoms with Crippen molar-refractivity contribution in [2.75, 3.05) is 0 Å². The number of rotatable bonds is 6. The zero-order chi connectivity index (χ0) is 15.0. The highest BCUT2D eigenvalue weighted by molar-refractivity contribution is 9.10. The van der Waals surface area contributed by atoms with Gasteiger partial charge in [0.2, 0.25) is 0 Å². The van der Waals surface area contributed by atoms with Gasteiger partial charge < -0.3 is 0 Å². The molecule has 0 aromatic heterocycles. The third kappa shape index (κ3) is 1.79. The Morgan fingerprint density at radius 3 is 1.57 bits per heavy atom. The molecule has 4 atom stereocenters. The molecule has 4 rings (SSSR count). The van der Waals surface area contributed by atoms with Gasteiger partial charge in [-0.15, -0.1) is 0 Å². The highest BCUT2D eigenvalue weighted by atomic mass is 79.9. The Morgan fingerprint density at radius 1 is 0.667 bits per heavy atom. The first kappa shape index (κ1) is 15.5. The summed E-state index contributed by atoms with van der Waals surface area (Å²) in [6.45, 7) is 4.73. The second kappa shape index (κ2) is 4.52. The topological polar surface area (TPSA) is 0 Å².